The Labute approximate surface area is 87.2 Å². The molecule has 3 rings (SSSR count). The zero-order chi connectivity index (χ0) is 9.54. The number of nitrogens with one attached hydrogen (secondary N) is 1. The molecule has 0 aliphatic carbocycles. The van der Waals surface area contributed by atoms with Crippen molar-refractivity contribution >= 4 is 11.3 Å². The minimum atomic E-state index is 0.435. The average molecular weight is 204 g/mol. The number of nitrogens with zero attached hydrogens (tertiary/aromatic N) is 1. The summed E-state index contributed by atoms with van der Waals surface area (Å²) in [6, 6.07) is 6.94. The molecule has 0 spiro atoms. The molecular formula is C11H12N2S. The first-order valence-electron chi connectivity index (χ1n) is 4.83. The lowest BCUT2D eigenvalue weighted by atomic mass is 10.2. The van der Waals surface area contributed by atoms with Crippen LogP contribution >= 0.6 is 11.3 Å². The number of aromatic nitrogens is 1. The van der Waals surface area contributed by atoms with Crippen molar-refractivity contribution in [2.75, 3.05) is 0 Å². The molecular weight excluding hydrogens is 192 g/mol. The maximum Gasteiger partial charge on any atom is 0.104 e. The summed E-state index contributed by atoms with van der Waals surface area (Å²) >= 11 is 1.81. The lowest BCUT2D eigenvalue weighted by Gasteiger charge is -2.10. The van der Waals surface area contributed by atoms with Gasteiger partial charge in [-0.2, -0.15) is 0 Å². The Kier molecular flexibility index (Phi) is 1.75. The molecule has 0 radical (unpaired) electrons. The molecule has 0 saturated carbocycles. The fourth-order valence-corrected chi connectivity index (χ4v) is 2.91. The van der Waals surface area contributed by atoms with Crippen LogP contribution in [0.3, 0.4) is 0 Å². The predicted octanol–water partition coefficient (Wildman–Crippen LogP) is 2.70. The van der Waals surface area contributed by atoms with Crippen molar-refractivity contribution in [2.24, 2.45) is 0 Å². The molecule has 1 aliphatic heterocycles. The van der Waals surface area contributed by atoms with Crippen LogP contribution in [0, 0.1) is 0 Å². The topological polar surface area (TPSA) is 17.0 Å². The fraction of sp³-hybridized carbons (Fsp3) is 0.273. The highest BCUT2D eigenvalue weighted by Gasteiger charge is 2.18. The first-order chi connectivity index (χ1) is 6.86. The van der Waals surface area contributed by atoms with Gasteiger partial charge in [0.2, 0.25) is 0 Å². The van der Waals surface area contributed by atoms with Crippen molar-refractivity contribution in [2.45, 2.75) is 19.5 Å². The minimum absolute atomic E-state index is 0.435. The van der Waals surface area contributed by atoms with Gasteiger partial charge in [0, 0.05) is 30.0 Å². The highest BCUT2D eigenvalue weighted by molar-refractivity contribution is 7.12. The molecule has 14 heavy (non-hydrogen) atoms. The van der Waals surface area contributed by atoms with E-state index in [1.54, 1.807) is 0 Å². The van der Waals surface area contributed by atoms with Gasteiger partial charge in [-0.25, -0.2) is 0 Å². The van der Waals surface area contributed by atoms with E-state index < -0.39 is 0 Å². The average Bonchev–Trinajstić information content (AvgIpc) is 2.80. The molecule has 3 heterocycles. The number of thiophene rings is 1. The van der Waals surface area contributed by atoms with Crippen LogP contribution in [-0.2, 0) is 6.54 Å². The fourth-order valence-electron chi connectivity index (χ4n) is 1.97. The summed E-state index contributed by atoms with van der Waals surface area (Å²) in [5.74, 6) is 0. The summed E-state index contributed by atoms with van der Waals surface area (Å²) in [7, 11) is 0. The van der Waals surface area contributed by atoms with Gasteiger partial charge in [-0.15, -0.1) is 11.3 Å². The zero-order valence-corrected chi connectivity index (χ0v) is 8.84. The van der Waals surface area contributed by atoms with E-state index in [0.29, 0.717) is 6.04 Å². The molecule has 1 aliphatic rings. The van der Waals surface area contributed by atoms with E-state index in [4.69, 9.17) is 0 Å². The van der Waals surface area contributed by atoms with E-state index in [2.05, 4.69) is 46.6 Å². The second-order valence-electron chi connectivity index (χ2n) is 3.66. The Morgan fingerprint density at radius 2 is 2.43 bits per heavy atom. The third kappa shape index (κ3) is 1.06. The Balaban J connectivity index is 2.26. The highest BCUT2D eigenvalue weighted by Crippen LogP contribution is 2.29. The first kappa shape index (κ1) is 8.26. The summed E-state index contributed by atoms with van der Waals surface area (Å²) in [6.45, 7) is 3.18. The number of fused-ring (bicyclic) bond motifs is 3. The van der Waals surface area contributed by atoms with Gasteiger partial charge < -0.3 is 9.88 Å². The quantitative estimate of drug-likeness (QED) is 0.698. The molecule has 72 valence electrons. The van der Waals surface area contributed by atoms with Crippen molar-refractivity contribution in [3.63, 3.8) is 0 Å². The van der Waals surface area contributed by atoms with Crippen LogP contribution in [0.1, 0.15) is 24.2 Å². The van der Waals surface area contributed by atoms with Gasteiger partial charge in [0.1, 0.15) is 5.00 Å². The SMILES string of the molecule is CC1NCc2ccsc2-n2cccc21. The molecule has 1 atom stereocenters. The predicted molar refractivity (Wildman–Crippen MR) is 58.9 cm³/mol. The van der Waals surface area contributed by atoms with E-state index in [-0.39, 0.29) is 0 Å². The highest BCUT2D eigenvalue weighted by atomic mass is 32.1. The summed E-state index contributed by atoms with van der Waals surface area (Å²) in [5, 5.41) is 7.04. The largest absolute Gasteiger partial charge is 0.311 e. The van der Waals surface area contributed by atoms with Gasteiger partial charge >= 0.3 is 0 Å². The monoisotopic (exact) mass is 204 g/mol. The van der Waals surface area contributed by atoms with Gasteiger partial charge in [-0.3, -0.25) is 0 Å². The summed E-state index contributed by atoms with van der Waals surface area (Å²) < 4.78 is 2.30. The van der Waals surface area contributed by atoms with Crippen molar-refractivity contribution in [3.8, 4) is 5.00 Å². The zero-order valence-electron chi connectivity index (χ0n) is 8.03. The van der Waals surface area contributed by atoms with Crippen LogP contribution in [0.25, 0.3) is 5.00 Å². The molecule has 0 amide bonds. The second-order valence-corrected chi connectivity index (χ2v) is 4.55. The number of rotatable bonds is 0. The van der Waals surface area contributed by atoms with Crippen LogP contribution in [0.15, 0.2) is 29.8 Å². The van der Waals surface area contributed by atoms with E-state index in [1.165, 1.54) is 16.3 Å². The normalized spacial score (nSPS) is 19.9. The third-order valence-corrected chi connectivity index (χ3v) is 3.72. The molecule has 2 aromatic rings. The number of hydrogen-bond donors (Lipinski definition) is 1. The smallest absolute Gasteiger partial charge is 0.104 e. The van der Waals surface area contributed by atoms with Gasteiger partial charge in [-0.1, -0.05) is 0 Å². The summed E-state index contributed by atoms with van der Waals surface area (Å²) in [5.41, 5.74) is 2.75. The van der Waals surface area contributed by atoms with E-state index in [0.717, 1.165) is 6.54 Å². The van der Waals surface area contributed by atoms with E-state index >= 15 is 0 Å². The van der Waals surface area contributed by atoms with Crippen LogP contribution in [0.5, 0.6) is 0 Å². The second kappa shape index (κ2) is 2.97. The first-order valence-corrected chi connectivity index (χ1v) is 5.71. The van der Waals surface area contributed by atoms with Gasteiger partial charge in [-0.05, 0) is 30.5 Å². The molecule has 0 bridgehead atoms. The van der Waals surface area contributed by atoms with Crippen LogP contribution < -0.4 is 5.32 Å². The van der Waals surface area contributed by atoms with Crippen molar-refractivity contribution in [1.82, 2.24) is 9.88 Å². The van der Waals surface area contributed by atoms with Gasteiger partial charge in [0.05, 0.1) is 0 Å². The molecule has 0 aromatic carbocycles. The molecule has 1 N–H and O–H groups in total. The lowest BCUT2D eigenvalue weighted by Crippen LogP contribution is -2.16. The Hall–Kier alpha value is -1.06. The lowest BCUT2D eigenvalue weighted by molar-refractivity contribution is 0.569. The minimum Gasteiger partial charge on any atom is -0.311 e. The molecule has 2 nitrogen and oxygen atoms in total. The van der Waals surface area contributed by atoms with E-state index in [1.807, 2.05) is 11.3 Å². The van der Waals surface area contributed by atoms with Crippen molar-refractivity contribution < 1.29 is 0 Å². The van der Waals surface area contributed by atoms with Crippen molar-refractivity contribution in [1.29, 1.82) is 0 Å². The van der Waals surface area contributed by atoms with Crippen LogP contribution in [0.4, 0.5) is 0 Å². The third-order valence-electron chi connectivity index (χ3n) is 2.77. The Morgan fingerprint density at radius 3 is 3.36 bits per heavy atom. The standard InChI is InChI=1S/C11H12N2S/c1-8-10-3-2-5-13(10)11-9(7-12-8)4-6-14-11/h2-6,8,12H,7H2,1H3. The molecule has 3 heteroatoms. The van der Waals surface area contributed by atoms with Gasteiger partial charge in [0.15, 0.2) is 0 Å². The van der Waals surface area contributed by atoms with E-state index in [9.17, 15) is 0 Å². The van der Waals surface area contributed by atoms with Crippen LogP contribution in [-0.4, -0.2) is 4.57 Å². The van der Waals surface area contributed by atoms with Crippen LogP contribution in [0.2, 0.25) is 0 Å². The maximum atomic E-state index is 3.51. The Morgan fingerprint density at radius 1 is 1.50 bits per heavy atom. The Bertz CT molecular complexity index is 455. The summed E-state index contributed by atoms with van der Waals surface area (Å²) in [6.07, 6.45) is 2.15. The number of hydrogen-bond acceptors (Lipinski definition) is 2. The molecule has 0 saturated heterocycles. The maximum absolute atomic E-state index is 3.51. The molecule has 0 fully saturated rings. The molecule has 1 unspecified atom stereocenters. The molecule has 2 aromatic heterocycles. The summed E-state index contributed by atoms with van der Waals surface area (Å²) in [4.78, 5) is 0. The van der Waals surface area contributed by atoms with Gasteiger partial charge in [0.25, 0.3) is 0 Å². The van der Waals surface area contributed by atoms with Crippen molar-refractivity contribution in [3.05, 3.63) is 41.0 Å².